The van der Waals surface area contributed by atoms with Gasteiger partial charge in [-0.3, -0.25) is 0 Å². The number of hydrogen-bond acceptors (Lipinski definition) is 4. The van der Waals surface area contributed by atoms with Gasteiger partial charge < -0.3 is 9.16 Å². The van der Waals surface area contributed by atoms with E-state index in [9.17, 15) is 8.42 Å². The number of hydrogen-bond donors (Lipinski definition) is 0. The first kappa shape index (κ1) is 27.1. The molecule has 0 aromatic heterocycles. The summed E-state index contributed by atoms with van der Waals surface area (Å²) in [5.41, 5.74) is 0. The van der Waals surface area contributed by atoms with Crippen LogP contribution in [0.15, 0.2) is 88.2 Å². The zero-order valence-electron chi connectivity index (χ0n) is 21.3. The summed E-state index contributed by atoms with van der Waals surface area (Å²) in [6, 6.07) is 26.0. The molecule has 0 unspecified atom stereocenters. The maximum Gasteiger partial charge on any atom is 0.261 e. The predicted octanol–water partition coefficient (Wildman–Crippen LogP) is 5.19. The van der Waals surface area contributed by atoms with Gasteiger partial charge in [-0.1, -0.05) is 81.4 Å². The van der Waals surface area contributed by atoms with Crippen LogP contribution >= 0.6 is 15.9 Å². The van der Waals surface area contributed by atoms with Crippen molar-refractivity contribution in [3.8, 4) is 5.75 Å². The number of benzene rings is 3. The molecule has 0 amide bonds. The second-order valence-corrected chi connectivity index (χ2v) is 17.2. The number of piperidine rings is 1. The minimum atomic E-state index is -3.61. The van der Waals surface area contributed by atoms with E-state index in [0.29, 0.717) is 36.2 Å². The van der Waals surface area contributed by atoms with Crippen LogP contribution in [0.3, 0.4) is 0 Å². The standard InChI is InChI=1S/C28H34BrNO4SSi/c1-28(2,3)36(24-11-7-5-8-12-24,25-13-9-6-10-14-25)34-22-17-19-30(20-18-22)35(31,32)23-15-16-27(33-4)26(29)21-23/h5-16,21-22H,17-20H2,1-4H3. The second kappa shape index (κ2) is 10.8. The topological polar surface area (TPSA) is 55.8 Å². The molecule has 0 N–H and O–H groups in total. The summed E-state index contributed by atoms with van der Waals surface area (Å²) in [5.74, 6) is 0.603. The van der Waals surface area contributed by atoms with E-state index >= 15 is 0 Å². The highest BCUT2D eigenvalue weighted by molar-refractivity contribution is 9.10. The van der Waals surface area contributed by atoms with Crippen LogP contribution < -0.4 is 15.1 Å². The van der Waals surface area contributed by atoms with Crippen molar-refractivity contribution >= 4 is 44.6 Å². The number of nitrogens with zero attached hydrogens (tertiary/aromatic N) is 1. The van der Waals surface area contributed by atoms with Crippen molar-refractivity contribution in [1.29, 1.82) is 0 Å². The third kappa shape index (κ3) is 5.20. The molecule has 36 heavy (non-hydrogen) atoms. The molecule has 4 rings (SSSR count). The Morgan fingerprint density at radius 3 is 1.86 bits per heavy atom. The molecule has 0 aliphatic carbocycles. The van der Waals surface area contributed by atoms with Gasteiger partial charge in [-0.15, -0.1) is 0 Å². The van der Waals surface area contributed by atoms with E-state index in [1.165, 1.54) is 10.4 Å². The molecule has 8 heteroatoms. The van der Waals surface area contributed by atoms with Gasteiger partial charge in [0.25, 0.3) is 8.32 Å². The first-order valence-corrected chi connectivity index (χ1v) is 16.4. The number of methoxy groups -OCH3 is 1. The summed E-state index contributed by atoms with van der Waals surface area (Å²) < 4.78 is 41.4. The Bertz CT molecular complexity index is 1230. The van der Waals surface area contributed by atoms with Crippen LogP contribution in [0, 0.1) is 0 Å². The SMILES string of the molecule is COc1ccc(S(=O)(=O)N2CCC(O[Si](c3ccccc3)(c3ccccc3)C(C)(C)C)CC2)cc1Br. The Morgan fingerprint density at radius 2 is 1.42 bits per heavy atom. The number of sulfonamides is 1. The van der Waals surface area contributed by atoms with Gasteiger partial charge >= 0.3 is 0 Å². The fourth-order valence-electron chi connectivity index (χ4n) is 5.09. The molecule has 1 aliphatic heterocycles. The number of ether oxygens (including phenoxy) is 1. The molecule has 0 radical (unpaired) electrons. The van der Waals surface area contributed by atoms with E-state index in [1.54, 1.807) is 29.6 Å². The van der Waals surface area contributed by atoms with Crippen LogP contribution in [-0.4, -0.2) is 47.3 Å². The van der Waals surface area contributed by atoms with Gasteiger partial charge in [0.1, 0.15) is 5.75 Å². The molecule has 1 saturated heterocycles. The monoisotopic (exact) mass is 587 g/mol. The molecule has 1 fully saturated rings. The normalized spacial score (nSPS) is 16.1. The Hall–Kier alpha value is -1.97. The van der Waals surface area contributed by atoms with E-state index in [4.69, 9.17) is 9.16 Å². The zero-order valence-corrected chi connectivity index (χ0v) is 24.7. The average molecular weight is 589 g/mol. The largest absolute Gasteiger partial charge is 0.496 e. The minimum Gasteiger partial charge on any atom is -0.496 e. The summed E-state index contributed by atoms with van der Waals surface area (Å²) in [6.07, 6.45) is 1.28. The maximum atomic E-state index is 13.4. The van der Waals surface area contributed by atoms with Crippen molar-refractivity contribution in [2.75, 3.05) is 20.2 Å². The third-order valence-electron chi connectivity index (χ3n) is 6.92. The fourth-order valence-corrected chi connectivity index (χ4v) is 12.0. The highest BCUT2D eigenvalue weighted by Crippen LogP contribution is 2.39. The van der Waals surface area contributed by atoms with Crippen LogP contribution in [0.4, 0.5) is 0 Å². The molecule has 1 aliphatic rings. The van der Waals surface area contributed by atoms with Crippen LogP contribution in [0.25, 0.3) is 0 Å². The summed E-state index contributed by atoms with van der Waals surface area (Å²) in [4.78, 5) is 0.265. The molecule has 0 bridgehead atoms. The molecule has 0 saturated carbocycles. The minimum absolute atomic E-state index is 0.0228. The smallest absolute Gasteiger partial charge is 0.261 e. The van der Waals surface area contributed by atoms with Gasteiger partial charge in [0.05, 0.1) is 16.5 Å². The quantitative estimate of drug-likeness (QED) is 0.357. The second-order valence-electron chi connectivity index (χ2n) is 10.2. The van der Waals surface area contributed by atoms with Crippen molar-refractivity contribution in [2.45, 2.75) is 49.7 Å². The van der Waals surface area contributed by atoms with E-state index in [1.807, 2.05) is 12.1 Å². The summed E-state index contributed by atoms with van der Waals surface area (Å²) in [5, 5.41) is 2.36. The van der Waals surface area contributed by atoms with Gasteiger partial charge in [0.2, 0.25) is 10.0 Å². The lowest BCUT2D eigenvalue weighted by Crippen LogP contribution is -2.68. The van der Waals surface area contributed by atoms with Gasteiger partial charge in [-0.05, 0) is 62.4 Å². The van der Waals surface area contributed by atoms with Gasteiger partial charge in [-0.2, -0.15) is 4.31 Å². The molecule has 3 aromatic rings. The lowest BCUT2D eigenvalue weighted by molar-refractivity contribution is 0.125. The lowest BCUT2D eigenvalue weighted by atomic mass is 10.1. The fraction of sp³-hybridized carbons (Fsp3) is 0.357. The first-order chi connectivity index (χ1) is 17.1. The highest BCUT2D eigenvalue weighted by Gasteiger charge is 2.51. The van der Waals surface area contributed by atoms with Crippen molar-refractivity contribution in [3.63, 3.8) is 0 Å². The molecule has 1 heterocycles. The molecule has 0 spiro atoms. The first-order valence-electron chi connectivity index (χ1n) is 12.2. The van der Waals surface area contributed by atoms with Crippen LogP contribution in [-0.2, 0) is 14.4 Å². The predicted molar refractivity (Wildman–Crippen MR) is 151 cm³/mol. The Kier molecular flexibility index (Phi) is 8.12. The number of halogens is 1. The van der Waals surface area contributed by atoms with Gasteiger partial charge in [0, 0.05) is 19.2 Å². The summed E-state index contributed by atoms with van der Waals surface area (Å²) in [6.45, 7) is 7.64. The summed E-state index contributed by atoms with van der Waals surface area (Å²) in [7, 11) is -4.72. The molecule has 3 aromatic carbocycles. The Morgan fingerprint density at radius 1 is 0.889 bits per heavy atom. The van der Waals surface area contributed by atoms with Crippen LogP contribution in [0.1, 0.15) is 33.6 Å². The van der Waals surface area contributed by atoms with Gasteiger partial charge in [0.15, 0.2) is 0 Å². The van der Waals surface area contributed by atoms with E-state index in [2.05, 4.69) is 85.2 Å². The van der Waals surface area contributed by atoms with Crippen molar-refractivity contribution in [2.24, 2.45) is 0 Å². The van der Waals surface area contributed by atoms with Crippen molar-refractivity contribution in [1.82, 2.24) is 4.31 Å². The van der Waals surface area contributed by atoms with E-state index < -0.39 is 18.3 Å². The molecular weight excluding hydrogens is 554 g/mol. The molecule has 5 nitrogen and oxygen atoms in total. The summed E-state index contributed by atoms with van der Waals surface area (Å²) >= 11 is 3.41. The third-order valence-corrected chi connectivity index (χ3v) is 14.5. The van der Waals surface area contributed by atoms with Crippen molar-refractivity contribution < 1.29 is 17.6 Å². The van der Waals surface area contributed by atoms with Gasteiger partial charge in [-0.25, -0.2) is 8.42 Å². The van der Waals surface area contributed by atoms with Crippen LogP contribution in [0.2, 0.25) is 5.04 Å². The average Bonchev–Trinajstić information content (AvgIpc) is 2.88. The van der Waals surface area contributed by atoms with Crippen molar-refractivity contribution in [3.05, 3.63) is 83.3 Å². The lowest BCUT2D eigenvalue weighted by Gasteiger charge is -2.46. The Balaban J connectivity index is 1.60. The number of rotatable bonds is 7. The molecule has 192 valence electrons. The Labute approximate surface area is 224 Å². The zero-order chi connectivity index (χ0) is 26.0. The van der Waals surface area contributed by atoms with E-state index in [0.717, 1.165) is 0 Å². The highest BCUT2D eigenvalue weighted by atomic mass is 79.9. The molecule has 0 atom stereocenters. The maximum absolute atomic E-state index is 13.4. The van der Waals surface area contributed by atoms with E-state index in [-0.39, 0.29) is 16.0 Å². The molecular formula is C28H34BrNO4SSi. The van der Waals surface area contributed by atoms with Crippen LogP contribution in [0.5, 0.6) is 5.75 Å².